The second-order valence-electron chi connectivity index (χ2n) is 8.55. The summed E-state index contributed by atoms with van der Waals surface area (Å²) in [5.41, 5.74) is 4.86. The van der Waals surface area contributed by atoms with E-state index >= 15 is 0 Å². The first-order chi connectivity index (χ1) is 14.5. The van der Waals surface area contributed by atoms with Crippen LogP contribution in [-0.4, -0.2) is 24.0 Å². The molecule has 6 rings (SSSR count). The second-order valence-corrected chi connectivity index (χ2v) is 13.5. The molecule has 4 aliphatic rings. The van der Waals surface area contributed by atoms with E-state index in [9.17, 15) is 0 Å². The zero-order valence-electron chi connectivity index (χ0n) is 16.6. The van der Waals surface area contributed by atoms with E-state index in [2.05, 4.69) is 90.8 Å². The fourth-order valence-electron chi connectivity index (χ4n) is 4.90. The Morgan fingerprint density at radius 1 is 0.800 bits per heavy atom. The molecule has 160 valence electrons. The predicted octanol–water partition coefficient (Wildman–Crippen LogP) is 5.89. The van der Waals surface area contributed by atoms with Crippen LogP contribution >= 0.6 is 28.5 Å². The monoisotopic (exact) mass is 574 g/mol. The van der Waals surface area contributed by atoms with Gasteiger partial charge in [0.2, 0.25) is 0 Å². The predicted molar refractivity (Wildman–Crippen MR) is 122 cm³/mol. The van der Waals surface area contributed by atoms with E-state index < -0.39 is 5.41 Å². The first-order valence-corrected chi connectivity index (χ1v) is 14.9. The number of fused-ring (bicyclic) bond motifs is 6. The second kappa shape index (κ2) is 8.07. The van der Waals surface area contributed by atoms with Gasteiger partial charge in [-0.3, -0.25) is 0 Å². The summed E-state index contributed by atoms with van der Waals surface area (Å²) in [6.07, 6.45) is 2.07. The van der Waals surface area contributed by atoms with E-state index in [0.717, 1.165) is 24.6 Å². The minimum absolute atomic E-state index is 0.109. The Hall–Kier alpha value is -1.17. The number of hydrogen-bond acceptors (Lipinski definition) is 4. The summed E-state index contributed by atoms with van der Waals surface area (Å²) in [6, 6.07) is 17.3. The first kappa shape index (κ1) is 20.7. The molecule has 0 amide bonds. The van der Waals surface area contributed by atoms with Crippen LogP contribution in [0, 0.1) is 5.41 Å². The number of halogens is 2. The number of hydrogen-bond donors (Lipinski definition) is 0. The molecule has 0 aromatic heterocycles. The quantitative estimate of drug-likeness (QED) is 0.419. The SMILES string of the molecule is CC(C)(C1=NC2c3ccccc3CC2O1)C1=NC2c3ccccc3CC2O1.[Br][Ni][Br]. The van der Waals surface area contributed by atoms with Crippen LogP contribution in [0.2, 0.25) is 0 Å². The van der Waals surface area contributed by atoms with E-state index in [0.29, 0.717) is 0 Å². The van der Waals surface area contributed by atoms with Crippen LogP contribution < -0.4 is 0 Å². The summed E-state index contributed by atoms with van der Waals surface area (Å²) in [4.78, 5) is 9.96. The minimum atomic E-state index is -0.446. The zero-order valence-corrected chi connectivity index (χ0v) is 20.8. The van der Waals surface area contributed by atoms with Gasteiger partial charge in [-0.2, -0.15) is 0 Å². The van der Waals surface area contributed by atoms with Crippen molar-refractivity contribution in [3.63, 3.8) is 0 Å². The van der Waals surface area contributed by atoms with Crippen molar-refractivity contribution in [2.75, 3.05) is 0 Å². The molecule has 2 heterocycles. The van der Waals surface area contributed by atoms with Gasteiger partial charge in [0, 0.05) is 12.8 Å². The van der Waals surface area contributed by atoms with Crippen LogP contribution in [0.25, 0.3) is 0 Å². The van der Waals surface area contributed by atoms with Gasteiger partial charge in [0.25, 0.3) is 0 Å². The molecule has 0 saturated carbocycles. The fraction of sp³-hybridized carbons (Fsp3) is 0.391. The van der Waals surface area contributed by atoms with Crippen molar-refractivity contribution in [3.8, 4) is 0 Å². The van der Waals surface area contributed by atoms with E-state index in [-0.39, 0.29) is 24.3 Å². The number of benzene rings is 2. The maximum atomic E-state index is 6.33. The van der Waals surface area contributed by atoms with Crippen molar-refractivity contribution in [3.05, 3.63) is 70.8 Å². The van der Waals surface area contributed by atoms with Crippen molar-refractivity contribution in [2.24, 2.45) is 15.4 Å². The van der Waals surface area contributed by atoms with Gasteiger partial charge in [-0.25, -0.2) is 9.98 Å². The Balaban J connectivity index is 0.000000609. The maximum absolute atomic E-state index is 6.33. The van der Waals surface area contributed by atoms with Gasteiger partial charge >= 0.3 is 39.3 Å². The molecule has 30 heavy (non-hydrogen) atoms. The molecule has 2 aromatic rings. The molecule has 4 nitrogen and oxygen atoms in total. The molecule has 0 fully saturated rings. The Labute approximate surface area is 196 Å². The standard InChI is InChI=1S/C23H22N2O2.2BrH.Ni/c1-23(2,21-24-19-15-9-5-3-7-13(15)11-17(19)26-21)22-25-20-16-10-6-4-8-14(16)12-18(20)27-22;;;/h3-10,17-20H,11-12H2,1-2H3;2*1H;/q;;;+2/p-2. The van der Waals surface area contributed by atoms with Crippen LogP contribution in [-0.2, 0) is 33.2 Å². The molecule has 0 bridgehead atoms. The Bertz CT molecular complexity index is 960. The summed E-state index contributed by atoms with van der Waals surface area (Å²) in [5.74, 6) is 1.53. The Kier molecular flexibility index (Phi) is 5.57. The molecule has 0 radical (unpaired) electrons. The molecule has 2 aliphatic heterocycles. The normalized spacial score (nSPS) is 27.6. The van der Waals surface area contributed by atoms with Crippen molar-refractivity contribution >= 4 is 40.2 Å². The number of nitrogens with zero attached hydrogens (tertiary/aromatic N) is 2. The topological polar surface area (TPSA) is 43.2 Å². The van der Waals surface area contributed by atoms with Crippen LogP contribution in [0.3, 0.4) is 0 Å². The molecule has 7 heteroatoms. The van der Waals surface area contributed by atoms with Crippen molar-refractivity contribution in [2.45, 2.75) is 51.0 Å². The third kappa shape index (κ3) is 3.38. The molecular weight excluding hydrogens is 555 g/mol. The van der Waals surface area contributed by atoms with Crippen LogP contribution in [0.5, 0.6) is 0 Å². The van der Waals surface area contributed by atoms with Gasteiger partial charge in [-0.1, -0.05) is 48.5 Å². The number of rotatable bonds is 2. The van der Waals surface area contributed by atoms with E-state index in [1.807, 2.05) is 0 Å². The molecule has 4 unspecified atom stereocenters. The first-order valence-electron chi connectivity index (χ1n) is 10.0. The van der Waals surface area contributed by atoms with Crippen LogP contribution in [0.15, 0.2) is 58.5 Å². The molecule has 4 atom stereocenters. The van der Waals surface area contributed by atoms with E-state index in [1.165, 1.54) is 33.2 Å². The van der Waals surface area contributed by atoms with Gasteiger partial charge < -0.3 is 9.47 Å². The van der Waals surface area contributed by atoms with Crippen LogP contribution in [0.4, 0.5) is 0 Å². The summed E-state index contributed by atoms with van der Waals surface area (Å²) in [6.45, 7) is 4.23. The summed E-state index contributed by atoms with van der Waals surface area (Å²) in [7, 11) is 1.25. The van der Waals surface area contributed by atoms with Crippen LogP contribution in [0.1, 0.15) is 48.2 Å². The van der Waals surface area contributed by atoms with Crippen molar-refractivity contribution in [1.82, 2.24) is 0 Å². The number of ether oxygens (including phenoxy) is 2. The average molecular weight is 577 g/mol. The average Bonchev–Trinajstić information content (AvgIpc) is 3.46. The van der Waals surface area contributed by atoms with Gasteiger partial charge in [0.15, 0.2) is 11.8 Å². The van der Waals surface area contributed by atoms with Gasteiger partial charge in [-0.05, 0) is 36.1 Å². The number of aliphatic imine (C=N–C) groups is 2. The molecule has 0 saturated heterocycles. The van der Waals surface area contributed by atoms with Crippen molar-refractivity contribution < 1.29 is 20.4 Å². The Morgan fingerprint density at radius 3 is 1.63 bits per heavy atom. The summed E-state index contributed by atoms with van der Waals surface area (Å²) in [5, 5.41) is 0. The fourth-order valence-corrected chi connectivity index (χ4v) is 4.90. The van der Waals surface area contributed by atoms with E-state index in [1.54, 1.807) is 0 Å². The van der Waals surface area contributed by atoms with Gasteiger partial charge in [-0.15, -0.1) is 0 Å². The third-order valence-electron chi connectivity index (χ3n) is 6.40. The Morgan fingerprint density at radius 2 is 1.20 bits per heavy atom. The zero-order chi connectivity index (χ0) is 20.9. The molecule has 2 aromatic carbocycles. The molecular formula is C23H22Br2N2NiO2. The summed E-state index contributed by atoms with van der Waals surface area (Å²) >= 11 is 6.00. The summed E-state index contributed by atoms with van der Waals surface area (Å²) < 4.78 is 12.7. The third-order valence-corrected chi connectivity index (χ3v) is 6.40. The van der Waals surface area contributed by atoms with E-state index in [4.69, 9.17) is 19.5 Å². The van der Waals surface area contributed by atoms with Gasteiger partial charge in [0.05, 0.1) is 0 Å². The molecule has 0 N–H and O–H groups in total. The molecule has 2 aliphatic carbocycles. The van der Waals surface area contributed by atoms with Crippen molar-refractivity contribution in [1.29, 1.82) is 0 Å². The molecule has 0 spiro atoms. The van der Waals surface area contributed by atoms with Gasteiger partial charge in [0.1, 0.15) is 29.7 Å².